The van der Waals surface area contributed by atoms with Crippen molar-refractivity contribution in [1.29, 1.82) is 0 Å². The van der Waals surface area contributed by atoms with Crippen molar-refractivity contribution in [3.05, 3.63) is 237 Å². The van der Waals surface area contributed by atoms with E-state index >= 15 is 0 Å². The predicted molar refractivity (Wildman–Crippen MR) is 287 cm³/mol. The minimum absolute atomic E-state index is 0. The molecule has 0 heterocycles. The number of carboxylic acids is 4. The van der Waals surface area contributed by atoms with Gasteiger partial charge in [-0.2, -0.15) is 0 Å². The molecular formula is C60H60Cu2N4O10. The molecule has 0 aromatic heterocycles. The number of carbonyl (C=O) groups is 4. The van der Waals surface area contributed by atoms with E-state index in [2.05, 4.69) is 21.3 Å². The van der Waals surface area contributed by atoms with Crippen LogP contribution in [0.5, 0.6) is 0 Å². The minimum Gasteiger partial charge on any atom is -0.545 e. The molecule has 8 aromatic rings. The van der Waals surface area contributed by atoms with Gasteiger partial charge >= 0.3 is 34.1 Å². The van der Waals surface area contributed by atoms with Gasteiger partial charge in [0.05, 0.1) is 23.9 Å². The molecule has 76 heavy (non-hydrogen) atoms. The van der Waals surface area contributed by atoms with Crippen LogP contribution >= 0.6 is 0 Å². The fourth-order valence-corrected chi connectivity index (χ4v) is 7.21. The summed E-state index contributed by atoms with van der Waals surface area (Å²) in [5.41, 5.74) is 15.5. The Bertz CT molecular complexity index is 2810. The van der Waals surface area contributed by atoms with Crippen LogP contribution < -0.4 is 41.7 Å². The van der Waals surface area contributed by atoms with Crippen LogP contribution in [0.25, 0.3) is 0 Å². The average molecular weight is 1120 g/mol. The number of rotatable bonds is 12. The second kappa shape index (κ2) is 31.5. The molecule has 14 nitrogen and oxygen atoms in total. The number of nitrogens with one attached hydrogen (secondary N) is 4. The monoisotopic (exact) mass is 1120 g/mol. The van der Waals surface area contributed by atoms with Crippen molar-refractivity contribution in [2.75, 3.05) is 21.3 Å². The fourth-order valence-electron chi connectivity index (χ4n) is 7.21. The zero-order valence-corrected chi connectivity index (χ0v) is 44.9. The summed E-state index contributed by atoms with van der Waals surface area (Å²) in [5, 5.41) is 56.6. The summed E-state index contributed by atoms with van der Waals surface area (Å²) in [6, 6.07) is 50.4. The Hall–Kier alpha value is -8.20. The second-order valence-electron chi connectivity index (χ2n) is 16.8. The van der Waals surface area contributed by atoms with Gasteiger partial charge in [-0.15, -0.1) is 0 Å². The van der Waals surface area contributed by atoms with Gasteiger partial charge in [-0.25, -0.2) is 0 Å². The molecule has 0 atom stereocenters. The van der Waals surface area contributed by atoms with Gasteiger partial charge in [-0.05, 0) is 148 Å². The number of anilines is 8. The molecular weight excluding hydrogens is 1060 g/mol. The molecule has 0 unspecified atom stereocenters. The summed E-state index contributed by atoms with van der Waals surface area (Å²) in [6.45, 7) is 16.1. The Morgan fingerprint density at radius 2 is 0.421 bits per heavy atom. The van der Waals surface area contributed by atoms with Crippen molar-refractivity contribution < 1.29 is 84.7 Å². The van der Waals surface area contributed by atoms with Crippen molar-refractivity contribution in [2.45, 2.75) is 55.4 Å². The van der Waals surface area contributed by atoms with Crippen LogP contribution in [0.1, 0.15) is 85.9 Å². The van der Waals surface area contributed by atoms with Crippen LogP contribution in [0.3, 0.4) is 0 Å². The Balaban J connectivity index is 0.000000498. The van der Waals surface area contributed by atoms with Crippen molar-refractivity contribution in [1.82, 2.24) is 0 Å². The Kier molecular flexibility index (Phi) is 27.3. The standard InChI is InChI=1S/4C15H15NO2.2Cu.2H2O/c4*1-10-6-5-9-13(11(10)2)16-14-8-4-3-7-12(14)15(17)18;;;;/h4*3-9,16H,1-2H3,(H,17,18);;;2*1H2/q;;;;2*+2;;/p-4. The molecule has 16 heteroatoms. The first-order chi connectivity index (χ1) is 34.4. The molecule has 0 aliphatic heterocycles. The van der Waals surface area contributed by atoms with Gasteiger partial charge in [0.25, 0.3) is 0 Å². The fraction of sp³-hybridized carbons (Fsp3) is 0.133. The van der Waals surface area contributed by atoms with Gasteiger partial charge in [0, 0.05) is 67.8 Å². The number of hydrogen-bond acceptors (Lipinski definition) is 12. The Morgan fingerprint density at radius 3 is 0.592 bits per heavy atom. The van der Waals surface area contributed by atoms with Crippen LogP contribution in [0.2, 0.25) is 0 Å². The number of hydrogen-bond donors (Lipinski definition) is 4. The molecule has 8 N–H and O–H groups in total. The molecule has 0 saturated carbocycles. The zero-order chi connectivity index (χ0) is 52.5. The van der Waals surface area contributed by atoms with Crippen LogP contribution in [0.4, 0.5) is 45.5 Å². The van der Waals surface area contributed by atoms with E-state index in [0.717, 1.165) is 67.3 Å². The summed E-state index contributed by atoms with van der Waals surface area (Å²) in [6.07, 6.45) is 0. The summed E-state index contributed by atoms with van der Waals surface area (Å²) in [7, 11) is 0. The molecule has 2 radical (unpaired) electrons. The topological polar surface area (TPSA) is 272 Å². The van der Waals surface area contributed by atoms with Gasteiger partial charge in [-0.3, -0.25) is 0 Å². The molecule has 0 spiro atoms. The second-order valence-corrected chi connectivity index (χ2v) is 16.8. The Labute approximate surface area is 464 Å². The van der Waals surface area contributed by atoms with E-state index in [4.69, 9.17) is 0 Å². The van der Waals surface area contributed by atoms with E-state index < -0.39 is 23.9 Å². The molecule has 0 aliphatic carbocycles. The molecule has 0 bridgehead atoms. The van der Waals surface area contributed by atoms with E-state index in [1.807, 2.05) is 128 Å². The van der Waals surface area contributed by atoms with Gasteiger partial charge in [0.2, 0.25) is 0 Å². The van der Waals surface area contributed by atoms with Gasteiger partial charge in [-0.1, -0.05) is 121 Å². The summed E-state index contributed by atoms with van der Waals surface area (Å²) in [5.74, 6) is -4.71. The number of carboxylic acid groups (broad SMARTS) is 4. The van der Waals surface area contributed by atoms with Crippen LogP contribution in [-0.2, 0) is 34.1 Å². The third-order valence-corrected chi connectivity index (χ3v) is 12.1. The van der Waals surface area contributed by atoms with Crippen molar-refractivity contribution >= 4 is 69.4 Å². The number of carbonyl (C=O) groups excluding carboxylic acids is 4. The first-order valence-corrected chi connectivity index (χ1v) is 22.9. The smallest absolute Gasteiger partial charge is 0.545 e. The molecule has 8 rings (SSSR count). The zero-order valence-electron chi connectivity index (χ0n) is 43.0. The number of aryl methyl sites for hydroxylation is 4. The van der Waals surface area contributed by atoms with E-state index in [9.17, 15) is 39.6 Å². The summed E-state index contributed by atoms with van der Waals surface area (Å²) < 4.78 is 0. The Morgan fingerprint density at radius 1 is 0.263 bits per heavy atom. The SMILES string of the molecule is Cc1cccc(Nc2ccccc2C(=O)[O-])c1C.Cc1cccc(Nc2ccccc2C(=O)[O-])c1C.Cc1cccc(Nc2ccccc2C(=O)[O-])c1C.Cc1cccc(Nc2ccccc2C(=O)[O-])c1C.O.O.[Cu+2].[Cu+2]. The first-order valence-electron chi connectivity index (χ1n) is 22.9. The third-order valence-electron chi connectivity index (χ3n) is 12.1. The minimum atomic E-state index is -1.18. The van der Waals surface area contributed by atoms with Gasteiger partial charge < -0.3 is 71.8 Å². The van der Waals surface area contributed by atoms with E-state index in [1.165, 1.54) is 24.3 Å². The number of para-hydroxylation sites is 4. The van der Waals surface area contributed by atoms with Gasteiger partial charge in [0.1, 0.15) is 0 Å². The van der Waals surface area contributed by atoms with E-state index in [1.54, 1.807) is 72.8 Å². The molecule has 0 saturated heterocycles. The maximum absolute atomic E-state index is 11.0. The maximum Gasteiger partial charge on any atom is 2.00 e. The van der Waals surface area contributed by atoms with E-state index in [-0.39, 0.29) is 67.3 Å². The first kappa shape index (κ1) is 65.8. The van der Waals surface area contributed by atoms with Crippen molar-refractivity contribution in [3.63, 3.8) is 0 Å². The predicted octanol–water partition coefficient (Wildman–Crippen LogP) is 7.99. The van der Waals surface area contributed by atoms with Crippen LogP contribution in [0, 0.1) is 55.4 Å². The summed E-state index contributed by atoms with van der Waals surface area (Å²) in [4.78, 5) is 44.1. The molecule has 0 aliphatic rings. The van der Waals surface area contributed by atoms with Crippen molar-refractivity contribution in [3.8, 4) is 0 Å². The van der Waals surface area contributed by atoms with Crippen LogP contribution in [0.15, 0.2) is 170 Å². The van der Waals surface area contributed by atoms with E-state index in [0.29, 0.717) is 22.7 Å². The molecule has 0 amide bonds. The maximum atomic E-state index is 11.0. The number of aromatic carboxylic acids is 4. The molecule has 0 fully saturated rings. The summed E-state index contributed by atoms with van der Waals surface area (Å²) >= 11 is 0. The molecule has 8 aromatic carbocycles. The number of benzene rings is 8. The third kappa shape index (κ3) is 18.0. The van der Waals surface area contributed by atoms with Gasteiger partial charge in [0.15, 0.2) is 0 Å². The largest absolute Gasteiger partial charge is 2.00 e. The quantitative estimate of drug-likeness (QED) is 0.0848. The normalized spacial score (nSPS) is 9.58. The average Bonchev–Trinajstić information content (AvgIpc) is 3.36. The van der Waals surface area contributed by atoms with Crippen LogP contribution in [-0.4, -0.2) is 34.8 Å². The van der Waals surface area contributed by atoms with Crippen molar-refractivity contribution in [2.24, 2.45) is 0 Å². The molecule has 402 valence electrons.